The first-order chi connectivity index (χ1) is 18.8. The van der Waals surface area contributed by atoms with E-state index in [1.54, 1.807) is 0 Å². The van der Waals surface area contributed by atoms with Gasteiger partial charge in [-0.25, -0.2) is 0 Å². The average Bonchev–Trinajstić information content (AvgIpc) is 2.89. The van der Waals surface area contributed by atoms with E-state index in [4.69, 9.17) is 0 Å². The van der Waals surface area contributed by atoms with Crippen molar-refractivity contribution in [1.82, 2.24) is 0 Å². The molecule has 3 unspecified atom stereocenters. The third-order valence-corrected chi connectivity index (χ3v) is 8.63. The van der Waals surface area contributed by atoms with Gasteiger partial charge in [-0.2, -0.15) is 0 Å². The van der Waals surface area contributed by atoms with Crippen LogP contribution in [0.25, 0.3) is 0 Å². The Balaban J connectivity index is -0.000000240. The van der Waals surface area contributed by atoms with E-state index in [-0.39, 0.29) is 40.8 Å². The van der Waals surface area contributed by atoms with Gasteiger partial charge >= 0.3 is 64.9 Å². The summed E-state index contributed by atoms with van der Waals surface area (Å²) in [5, 5.41) is 0. The van der Waals surface area contributed by atoms with Crippen LogP contribution in [0.2, 0.25) is 0 Å². The third kappa shape index (κ3) is 59.0. The summed E-state index contributed by atoms with van der Waals surface area (Å²) in [5.74, 6) is 0. The van der Waals surface area contributed by atoms with Gasteiger partial charge in [-0.1, -0.05) is 150 Å². The predicted octanol–water partition coefficient (Wildman–Crippen LogP) is 9.69. The summed E-state index contributed by atoms with van der Waals surface area (Å²) in [7, 11) is -6.39. The van der Waals surface area contributed by atoms with Crippen LogP contribution in [0.15, 0.2) is 0 Å². The Bertz CT molecular complexity index is 456. The molecule has 0 N–H and O–H groups in total. The molecule has 0 amide bonds. The first-order valence-electron chi connectivity index (χ1n) is 16.2. The minimum Gasteiger partial charge on any atom is -0.596 e. The van der Waals surface area contributed by atoms with E-state index in [2.05, 4.69) is 20.8 Å². The van der Waals surface area contributed by atoms with Crippen molar-refractivity contribution in [2.45, 2.75) is 175 Å². The molecule has 6 nitrogen and oxygen atoms in total. The van der Waals surface area contributed by atoms with Crippen molar-refractivity contribution in [1.29, 1.82) is 0 Å². The van der Waals surface area contributed by atoms with Crippen LogP contribution in [0, 0.1) is 40.8 Å². The Kier molecular flexibility index (Phi) is 54.4. The van der Waals surface area contributed by atoms with Crippen LogP contribution in [0.5, 0.6) is 0 Å². The molecular formula is C30H63NdO6P3+3. The van der Waals surface area contributed by atoms with Gasteiger partial charge in [-0.05, 0) is 38.5 Å². The van der Waals surface area contributed by atoms with Gasteiger partial charge in [0.2, 0.25) is 0 Å². The number of rotatable bonds is 27. The molecule has 235 valence electrons. The molecule has 0 saturated carbocycles. The van der Waals surface area contributed by atoms with Crippen LogP contribution in [0.3, 0.4) is 0 Å². The Morgan fingerprint density at radius 3 is 0.625 bits per heavy atom. The summed E-state index contributed by atoms with van der Waals surface area (Å²) in [6.07, 6.45) is 30.2. The van der Waals surface area contributed by atoms with E-state index >= 15 is 0 Å². The topological polar surface area (TPSA) is 120 Å². The van der Waals surface area contributed by atoms with Crippen LogP contribution in [0.1, 0.15) is 175 Å². The van der Waals surface area contributed by atoms with Gasteiger partial charge in [0.05, 0.1) is 0 Å². The van der Waals surface area contributed by atoms with Crippen molar-refractivity contribution < 1.29 is 69.2 Å². The molecule has 40 heavy (non-hydrogen) atoms. The van der Waals surface area contributed by atoms with Gasteiger partial charge < -0.3 is 14.7 Å². The molecule has 0 bridgehead atoms. The van der Waals surface area contributed by atoms with Gasteiger partial charge in [0.15, 0.2) is 0 Å². The van der Waals surface area contributed by atoms with E-state index in [0.717, 1.165) is 38.5 Å². The average molecular weight is 757 g/mol. The Hall–Kier alpha value is 1.53. The van der Waals surface area contributed by atoms with Crippen molar-refractivity contribution in [3.05, 3.63) is 0 Å². The Labute approximate surface area is 284 Å². The summed E-state index contributed by atoms with van der Waals surface area (Å²) < 4.78 is 30.6. The fourth-order valence-corrected chi connectivity index (χ4v) is 5.57. The quantitative estimate of drug-likeness (QED) is 0.0608. The van der Waals surface area contributed by atoms with E-state index in [9.17, 15) is 28.4 Å². The molecule has 10 heteroatoms. The maximum atomic E-state index is 10.2. The minimum absolute atomic E-state index is 0. The molecule has 0 aliphatic carbocycles. The van der Waals surface area contributed by atoms with E-state index in [1.165, 1.54) is 116 Å². The molecule has 0 aliphatic rings. The molecule has 0 aromatic heterocycles. The van der Waals surface area contributed by atoms with Crippen molar-refractivity contribution in [3.63, 3.8) is 0 Å². The van der Waals surface area contributed by atoms with Gasteiger partial charge in [-0.3, -0.25) is 0 Å². The second-order valence-corrected chi connectivity index (χ2v) is 13.9. The van der Waals surface area contributed by atoms with Crippen LogP contribution in [-0.4, -0.2) is 18.5 Å². The molecule has 0 spiro atoms. The van der Waals surface area contributed by atoms with Crippen molar-refractivity contribution in [2.75, 3.05) is 18.5 Å². The van der Waals surface area contributed by atoms with Crippen LogP contribution >= 0.6 is 24.1 Å². The van der Waals surface area contributed by atoms with E-state index in [1.807, 2.05) is 0 Å². The first-order valence-corrected chi connectivity index (χ1v) is 20.3. The van der Waals surface area contributed by atoms with Gasteiger partial charge in [0.25, 0.3) is 0 Å². The summed E-state index contributed by atoms with van der Waals surface area (Å²) >= 11 is 0. The molecule has 0 aromatic carbocycles. The summed E-state index contributed by atoms with van der Waals surface area (Å²) in [5.41, 5.74) is 0. The normalized spacial score (nSPS) is 11.4. The molecule has 0 rings (SSSR count). The molecule has 0 aliphatic heterocycles. The maximum Gasteiger partial charge on any atom is 3.00 e. The van der Waals surface area contributed by atoms with Crippen LogP contribution in [0.4, 0.5) is 0 Å². The van der Waals surface area contributed by atoms with E-state index < -0.39 is 24.1 Å². The fourth-order valence-electron chi connectivity index (χ4n) is 4.12. The molecule has 0 saturated heterocycles. The predicted molar refractivity (Wildman–Crippen MR) is 165 cm³/mol. The fraction of sp³-hybridized carbons (Fsp3) is 1.00. The SMILES string of the molecule is CCCCCCCCCC[P+](=O)[O-].CCCCCCCCCC[P+](=O)[O-].CCCCCCCCCC[P+](=O)[O-].[Nd+3]. The summed E-state index contributed by atoms with van der Waals surface area (Å²) in [6.45, 7) is 6.64. The monoisotopic (exact) mass is 754 g/mol. The number of hydrogen-bond acceptors (Lipinski definition) is 6. The summed E-state index contributed by atoms with van der Waals surface area (Å²) in [6, 6.07) is 0. The standard InChI is InChI=1S/3C10H21O2P.Nd/c3*1-2-3-4-5-6-7-8-9-10-13(11)12;/h3*2-10H2,1H3;/q;;;+3. The number of hydrogen-bond donors (Lipinski definition) is 0. The van der Waals surface area contributed by atoms with Gasteiger partial charge in [0.1, 0.15) is 18.5 Å². The Morgan fingerprint density at radius 2 is 0.475 bits per heavy atom. The zero-order valence-electron chi connectivity index (χ0n) is 26.4. The van der Waals surface area contributed by atoms with Crippen LogP contribution in [-0.2, 0) is 13.7 Å². The van der Waals surface area contributed by atoms with Gasteiger partial charge in [0, 0.05) is 0 Å². The second-order valence-electron chi connectivity index (χ2n) is 10.6. The molecule has 0 heterocycles. The smallest absolute Gasteiger partial charge is 0.596 e. The van der Waals surface area contributed by atoms with E-state index in [0.29, 0.717) is 18.5 Å². The summed E-state index contributed by atoms with van der Waals surface area (Å²) in [4.78, 5) is 30.6. The second kappa shape index (κ2) is 45.0. The largest absolute Gasteiger partial charge is 3.00 e. The molecule has 0 fully saturated rings. The number of unbranched alkanes of at least 4 members (excludes halogenated alkanes) is 21. The van der Waals surface area contributed by atoms with Crippen molar-refractivity contribution in [3.8, 4) is 0 Å². The molecule has 1 radical (unpaired) electrons. The van der Waals surface area contributed by atoms with Crippen molar-refractivity contribution in [2.24, 2.45) is 0 Å². The molecule has 0 aromatic rings. The Morgan fingerprint density at radius 1 is 0.325 bits per heavy atom. The minimum atomic E-state index is -2.13. The zero-order chi connectivity index (χ0) is 29.8. The third-order valence-electron chi connectivity index (χ3n) is 6.58. The van der Waals surface area contributed by atoms with Crippen molar-refractivity contribution >= 4 is 24.1 Å². The molecular weight excluding hydrogens is 693 g/mol. The molecule has 3 atom stereocenters. The maximum absolute atomic E-state index is 10.2. The van der Waals surface area contributed by atoms with Gasteiger partial charge in [-0.15, -0.1) is 0 Å². The first kappa shape index (κ1) is 48.4. The zero-order valence-corrected chi connectivity index (χ0v) is 32.3. The van der Waals surface area contributed by atoms with Crippen LogP contribution < -0.4 is 14.7 Å².